The Hall–Kier alpha value is -3.35. The van der Waals surface area contributed by atoms with Crippen LogP contribution in [0.15, 0.2) is 53.9 Å². The molecule has 0 spiro atoms. The van der Waals surface area contributed by atoms with E-state index in [0.29, 0.717) is 17.8 Å². The van der Waals surface area contributed by atoms with Gasteiger partial charge in [0.25, 0.3) is 0 Å². The molecule has 7 nitrogen and oxygen atoms in total. The van der Waals surface area contributed by atoms with Crippen molar-refractivity contribution in [3.05, 3.63) is 59.5 Å². The number of amides is 1. The van der Waals surface area contributed by atoms with Crippen LogP contribution in [0.2, 0.25) is 0 Å². The molecule has 29 heavy (non-hydrogen) atoms. The number of nitrogens with one attached hydrogen (secondary N) is 1. The number of hydrogen-bond donors (Lipinski definition) is 1. The molecule has 0 saturated heterocycles. The first-order valence-electron chi connectivity index (χ1n) is 9.38. The standard InChI is InChI=1S/C22H26N2O5/c1-5-6-10-19(25)23-17-12-11-15(2)14-18(17)24-13-8-7-9-16(21(26)28-3)20(24)22(27)29-4/h7-9,11-14H,5-6,10H2,1-4H3,(H,23,25). The number of aryl methyl sites for hydroxylation is 1. The lowest BCUT2D eigenvalue weighted by Crippen LogP contribution is -2.28. The molecule has 1 amide bonds. The normalized spacial score (nSPS) is 13.2. The Bertz CT molecular complexity index is 883. The molecule has 1 N–H and O–H groups in total. The van der Waals surface area contributed by atoms with Crippen LogP contribution in [0.25, 0.3) is 0 Å². The highest BCUT2D eigenvalue weighted by atomic mass is 16.5. The molecule has 0 aromatic heterocycles. The number of hydrogen-bond acceptors (Lipinski definition) is 6. The maximum Gasteiger partial charge on any atom is 0.355 e. The fourth-order valence-corrected chi connectivity index (χ4v) is 2.85. The number of unbranched alkanes of at least 4 members (excludes halogenated alkanes) is 1. The van der Waals surface area contributed by atoms with Gasteiger partial charge in [0, 0.05) is 12.6 Å². The molecule has 7 heteroatoms. The van der Waals surface area contributed by atoms with Crippen molar-refractivity contribution in [2.24, 2.45) is 0 Å². The number of ether oxygens (including phenoxy) is 2. The molecule has 1 aromatic rings. The van der Waals surface area contributed by atoms with Gasteiger partial charge in [-0.1, -0.05) is 25.5 Å². The Morgan fingerprint density at radius 2 is 1.79 bits per heavy atom. The predicted molar refractivity (Wildman–Crippen MR) is 111 cm³/mol. The molecule has 1 heterocycles. The monoisotopic (exact) mass is 398 g/mol. The Morgan fingerprint density at radius 1 is 1.07 bits per heavy atom. The van der Waals surface area contributed by atoms with Crippen molar-refractivity contribution in [2.75, 3.05) is 24.4 Å². The summed E-state index contributed by atoms with van der Waals surface area (Å²) in [5.41, 5.74) is 2.03. The Balaban J connectivity index is 2.60. The van der Waals surface area contributed by atoms with Gasteiger partial charge in [0.1, 0.15) is 5.70 Å². The van der Waals surface area contributed by atoms with E-state index in [1.165, 1.54) is 25.2 Å². The number of esters is 2. The molecule has 0 unspecified atom stereocenters. The van der Waals surface area contributed by atoms with Gasteiger partial charge in [0.05, 0.1) is 31.2 Å². The van der Waals surface area contributed by atoms with Crippen LogP contribution >= 0.6 is 0 Å². The Morgan fingerprint density at radius 3 is 2.45 bits per heavy atom. The molecule has 2 rings (SSSR count). The van der Waals surface area contributed by atoms with Crippen molar-refractivity contribution in [3.63, 3.8) is 0 Å². The van der Waals surface area contributed by atoms with Crippen LogP contribution < -0.4 is 10.2 Å². The molecule has 0 atom stereocenters. The van der Waals surface area contributed by atoms with E-state index < -0.39 is 11.9 Å². The van der Waals surface area contributed by atoms with E-state index in [0.717, 1.165) is 18.4 Å². The minimum Gasteiger partial charge on any atom is -0.465 e. The van der Waals surface area contributed by atoms with Gasteiger partial charge in [-0.3, -0.25) is 4.79 Å². The van der Waals surface area contributed by atoms with Crippen LogP contribution in [0.3, 0.4) is 0 Å². The van der Waals surface area contributed by atoms with Crippen molar-refractivity contribution < 1.29 is 23.9 Å². The van der Waals surface area contributed by atoms with Crippen molar-refractivity contribution >= 4 is 29.2 Å². The SMILES string of the molecule is CCCCC(=O)Nc1ccc(C)cc1N1C=CC=CC(C(=O)OC)=C1C(=O)OC. The number of nitrogens with zero attached hydrogens (tertiary/aromatic N) is 1. The van der Waals surface area contributed by atoms with E-state index >= 15 is 0 Å². The minimum atomic E-state index is -0.702. The quantitative estimate of drug-likeness (QED) is 0.706. The highest BCUT2D eigenvalue weighted by Gasteiger charge is 2.28. The van der Waals surface area contributed by atoms with E-state index in [1.807, 2.05) is 26.0 Å². The summed E-state index contributed by atoms with van der Waals surface area (Å²) in [5.74, 6) is -1.49. The highest BCUT2D eigenvalue weighted by molar-refractivity contribution is 6.06. The molecule has 154 valence electrons. The molecule has 0 aliphatic carbocycles. The maximum atomic E-state index is 12.6. The first-order chi connectivity index (χ1) is 13.9. The van der Waals surface area contributed by atoms with Crippen molar-refractivity contribution in [2.45, 2.75) is 33.1 Å². The van der Waals surface area contributed by atoms with Crippen LogP contribution in [-0.4, -0.2) is 32.1 Å². The summed E-state index contributed by atoms with van der Waals surface area (Å²) in [4.78, 5) is 38.8. The zero-order valence-electron chi connectivity index (χ0n) is 17.2. The van der Waals surface area contributed by atoms with Gasteiger partial charge in [-0.25, -0.2) is 9.59 Å². The summed E-state index contributed by atoms with van der Waals surface area (Å²) in [6.07, 6.45) is 8.52. The molecule has 0 saturated carbocycles. The Kier molecular flexibility index (Phi) is 7.77. The summed E-state index contributed by atoms with van der Waals surface area (Å²) >= 11 is 0. The molecular formula is C22H26N2O5. The molecule has 1 aliphatic rings. The van der Waals surface area contributed by atoms with Crippen LogP contribution in [0, 0.1) is 6.92 Å². The maximum absolute atomic E-state index is 12.6. The number of anilines is 2. The average molecular weight is 398 g/mol. The van der Waals surface area contributed by atoms with Crippen LogP contribution in [0.5, 0.6) is 0 Å². The van der Waals surface area contributed by atoms with Gasteiger partial charge in [0.15, 0.2) is 0 Å². The number of carbonyl (C=O) groups is 3. The predicted octanol–water partition coefficient (Wildman–Crippen LogP) is 3.61. The minimum absolute atomic E-state index is 0.000919. The van der Waals surface area contributed by atoms with Crippen LogP contribution in [0.4, 0.5) is 11.4 Å². The Labute approximate surface area is 170 Å². The molecular weight excluding hydrogens is 372 g/mol. The summed E-state index contributed by atoms with van der Waals surface area (Å²) in [7, 11) is 2.48. The molecule has 0 fully saturated rings. The van der Waals surface area contributed by atoms with Gasteiger partial charge in [-0.05, 0) is 43.2 Å². The third kappa shape index (κ3) is 5.34. The number of benzene rings is 1. The topological polar surface area (TPSA) is 84.9 Å². The van der Waals surface area contributed by atoms with Crippen LogP contribution in [0.1, 0.15) is 31.7 Å². The first-order valence-corrected chi connectivity index (χ1v) is 9.38. The van der Waals surface area contributed by atoms with E-state index in [1.54, 1.807) is 24.4 Å². The number of allylic oxidation sites excluding steroid dienone is 2. The number of carbonyl (C=O) groups excluding carboxylic acids is 3. The highest BCUT2D eigenvalue weighted by Crippen LogP contribution is 2.33. The van der Waals surface area contributed by atoms with Gasteiger partial charge in [-0.2, -0.15) is 0 Å². The fraction of sp³-hybridized carbons (Fsp3) is 0.318. The summed E-state index contributed by atoms with van der Waals surface area (Å²) in [6, 6.07) is 5.46. The smallest absolute Gasteiger partial charge is 0.355 e. The van der Waals surface area contributed by atoms with Gasteiger partial charge < -0.3 is 19.7 Å². The molecule has 1 aromatic carbocycles. The van der Waals surface area contributed by atoms with Gasteiger partial charge in [-0.15, -0.1) is 0 Å². The average Bonchev–Trinajstić information content (AvgIpc) is 2.95. The van der Waals surface area contributed by atoms with Gasteiger partial charge in [0.2, 0.25) is 5.91 Å². The zero-order valence-corrected chi connectivity index (χ0v) is 17.2. The van der Waals surface area contributed by atoms with Gasteiger partial charge >= 0.3 is 11.9 Å². The molecule has 0 bridgehead atoms. The van der Waals surface area contributed by atoms with E-state index in [-0.39, 0.29) is 17.2 Å². The first kappa shape index (κ1) is 21.9. The van der Waals surface area contributed by atoms with E-state index in [2.05, 4.69) is 5.32 Å². The van der Waals surface area contributed by atoms with Crippen LogP contribution in [-0.2, 0) is 23.9 Å². The number of rotatable bonds is 7. The third-order valence-corrected chi connectivity index (χ3v) is 4.33. The second-order valence-electron chi connectivity index (χ2n) is 6.49. The summed E-state index contributed by atoms with van der Waals surface area (Å²) in [5, 5.41) is 2.90. The third-order valence-electron chi connectivity index (χ3n) is 4.33. The largest absolute Gasteiger partial charge is 0.465 e. The summed E-state index contributed by atoms with van der Waals surface area (Å²) in [6.45, 7) is 3.91. The summed E-state index contributed by atoms with van der Waals surface area (Å²) < 4.78 is 9.76. The van der Waals surface area contributed by atoms with Crippen molar-refractivity contribution in [3.8, 4) is 0 Å². The van der Waals surface area contributed by atoms with Crippen molar-refractivity contribution in [1.29, 1.82) is 0 Å². The molecule has 0 radical (unpaired) electrons. The lowest BCUT2D eigenvalue weighted by atomic mass is 10.1. The van der Waals surface area contributed by atoms with E-state index in [4.69, 9.17) is 9.47 Å². The fourth-order valence-electron chi connectivity index (χ4n) is 2.85. The lowest BCUT2D eigenvalue weighted by Gasteiger charge is -2.26. The second kappa shape index (κ2) is 10.3. The zero-order chi connectivity index (χ0) is 21.4. The number of methoxy groups -OCH3 is 2. The lowest BCUT2D eigenvalue weighted by molar-refractivity contribution is -0.139. The molecule has 1 aliphatic heterocycles. The van der Waals surface area contributed by atoms with Crippen molar-refractivity contribution in [1.82, 2.24) is 0 Å². The second-order valence-corrected chi connectivity index (χ2v) is 6.49. The van der Waals surface area contributed by atoms with E-state index in [9.17, 15) is 14.4 Å².